The zero-order valence-corrected chi connectivity index (χ0v) is 9.61. The summed E-state index contributed by atoms with van der Waals surface area (Å²) in [6.07, 6.45) is 4.64. The van der Waals surface area contributed by atoms with Gasteiger partial charge < -0.3 is 10.2 Å². The number of rotatable bonds is 3. The molecular weight excluding hydrogens is 204 g/mol. The Labute approximate surface area is 95.4 Å². The molecule has 2 atom stereocenters. The van der Waals surface area contributed by atoms with E-state index in [9.17, 15) is 9.59 Å². The highest BCUT2D eigenvalue weighted by molar-refractivity contribution is 5.97. The standard InChI is InChI=1S/C12H18N2O2/c1-7-12(16)14(6-8-2-3-8)10(9-4-5-9)11(15)13-7/h7-10H,2-6H2,1H3,(H,13,15). The summed E-state index contributed by atoms with van der Waals surface area (Å²) in [6, 6.07) is -0.495. The molecule has 1 N–H and O–H groups in total. The number of nitrogens with zero attached hydrogens (tertiary/aromatic N) is 1. The molecule has 3 rings (SSSR count). The summed E-state index contributed by atoms with van der Waals surface area (Å²) in [7, 11) is 0. The third-order valence-electron chi connectivity index (χ3n) is 3.84. The molecule has 2 aliphatic carbocycles. The van der Waals surface area contributed by atoms with Crippen molar-refractivity contribution in [2.24, 2.45) is 11.8 Å². The van der Waals surface area contributed by atoms with Crippen molar-refractivity contribution in [1.29, 1.82) is 0 Å². The number of carbonyl (C=O) groups excluding carboxylic acids is 2. The van der Waals surface area contributed by atoms with Crippen LogP contribution in [0.4, 0.5) is 0 Å². The van der Waals surface area contributed by atoms with Crippen molar-refractivity contribution in [3.63, 3.8) is 0 Å². The minimum Gasteiger partial charge on any atom is -0.343 e. The fraction of sp³-hybridized carbons (Fsp3) is 0.833. The van der Waals surface area contributed by atoms with Gasteiger partial charge in [0.2, 0.25) is 11.8 Å². The first-order chi connectivity index (χ1) is 7.66. The Balaban J connectivity index is 1.80. The normalized spacial score (nSPS) is 35.2. The number of carbonyl (C=O) groups is 2. The van der Waals surface area contributed by atoms with Gasteiger partial charge in [0, 0.05) is 6.54 Å². The van der Waals surface area contributed by atoms with Gasteiger partial charge in [-0.3, -0.25) is 9.59 Å². The average Bonchev–Trinajstić information content (AvgIpc) is 3.07. The van der Waals surface area contributed by atoms with E-state index in [0.717, 1.165) is 19.4 Å². The minimum atomic E-state index is -0.332. The van der Waals surface area contributed by atoms with Gasteiger partial charge in [-0.05, 0) is 44.4 Å². The van der Waals surface area contributed by atoms with Crippen molar-refractivity contribution in [1.82, 2.24) is 10.2 Å². The molecule has 4 heteroatoms. The smallest absolute Gasteiger partial charge is 0.245 e. The minimum absolute atomic E-state index is 0.0650. The molecule has 1 saturated heterocycles. The van der Waals surface area contributed by atoms with Crippen molar-refractivity contribution in [3.8, 4) is 0 Å². The highest BCUT2D eigenvalue weighted by atomic mass is 16.2. The molecule has 2 amide bonds. The van der Waals surface area contributed by atoms with Gasteiger partial charge in [0.15, 0.2) is 0 Å². The monoisotopic (exact) mass is 222 g/mol. The lowest BCUT2D eigenvalue weighted by atomic mass is 10.0. The van der Waals surface area contributed by atoms with Gasteiger partial charge in [-0.1, -0.05) is 0 Å². The topological polar surface area (TPSA) is 49.4 Å². The summed E-state index contributed by atoms with van der Waals surface area (Å²) in [5.41, 5.74) is 0. The largest absolute Gasteiger partial charge is 0.343 e. The Morgan fingerprint density at radius 1 is 1.25 bits per heavy atom. The van der Waals surface area contributed by atoms with Crippen molar-refractivity contribution in [3.05, 3.63) is 0 Å². The Morgan fingerprint density at radius 3 is 2.50 bits per heavy atom. The highest BCUT2D eigenvalue weighted by Gasteiger charge is 2.47. The summed E-state index contributed by atoms with van der Waals surface area (Å²) < 4.78 is 0. The average molecular weight is 222 g/mol. The van der Waals surface area contributed by atoms with Crippen molar-refractivity contribution >= 4 is 11.8 Å². The lowest BCUT2D eigenvalue weighted by Crippen LogP contribution is -2.63. The van der Waals surface area contributed by atoms with Crippen LogP contribution < -0.4 is 5.32 Å². The zero-order valence-electron chi connectivity index (χ0n) is 9.61. The number of hydrogen-bond donors (Lipinski definition) is 1. The van der Waals surface area contributed by atoms with E-state index < -0.39 is 0 Å². The first kappa shape index (κ1) is 10.1. The maximum atomic E-state index is 12.1. The van der Waals surface area contributed by atoms with E-state index in [0.29, 0.717) is 11.8 Å². The van der Waals surface area contributed by atoms with Crippen LogP contribution in [0.5, 0.6) is 0 Å². The van der Waals surface area contributed by atoms with Gasteiger partial charge in [0.1, 0.15) is 12.1 Å². The van der Waals surface area contributed by atoms with Crippen molar-refractivity contribution in [2.75, 3.05) is 6.54 Å². The molecule has 2 unspecified atom stereocenters. The van der Waals surface area contributed by atoms with E-state index in [-0.39, 0.29) is 23.9 Å². The maximum Gasteiger partial charge on any atom is 0.245 e. The highest BCUT2D eigenvalue weighted by Crippen LogP contribution is 2.39. The molecule has 1 heterocycles. The van der Waals surface area contributed by atoms with E-state index in [1.165, 1.54) is 12.8 Å². The molecule has 3 fully saturated rings. The van der Waals surface area contributed by atoms with Crippen LogP contribution in [-0.2, 0) is 9.59 Å². The van der Waals surface area contributed by atoms with Gasteiger partial charge in [-0.2, -0.15) is 0 Å². The molecule has 16 heavy (non-hydrogen) atoms. The van der Waals surface area contributed by atoms with Gasteiger partial charge in [-0.25, -0.2) is 0 Å². The Bertz CT molecular complexity index is 334. The number of hydrogen-bond acceptors (Lipinski definition) is 2. The van der Waals surface area contributed by atoms with E-state index in [2.05, 4.69) is 5.32 Å². The van der Waals surface area contributed by atoms with E-state index in [4.69, 9.17) is 0 Å². The van der Waals surface area contributed by atoms with Gasteiger partial charge in [-0.15, -0.1) is 0 Å². The van der Waals surface area contributed by atoms with Crippen LogP contribution in [0.3, 0.4) is 0 Å². The molecule has 0 bridgehead atoms. The Hall–Kier alpha value is -1.06. The molecule has 1 aliphatic heterocycles. The van der Waals surface area contributed by atoms with E-state index in [1.54, 1.807) is 6.92 Å². The van der Waals surface area contributed by atoms with E-state index in [1.807, 2.05) is 4.90 Å². The Morgan fingerprint density at radius 2 is 1.94 bits per heavy atom. The number of piperazine rings is 1. The molecule has 0 aromatic heterocycles. The van der Waals surface area contributed by atoms with Crippen LogP contribution in [0.15, 0.2) is 0 Å². The van der Waals surface area contributed by atoms with Crippen LogP contribution in [0.1, 0.15) is 32.6 Å². The first-order valence-electron chi connectivity index (χ1n) is 6.27. The number of amides is 2. The molecule has 0 spiro atoms. The van der Waals surface area contributed by atoms with Crippen molar-refractivity contribution in [2.45, 2.75) is 44.7 Å². The molecule has 0 aromatic rings. The van der Waals surface area contributed by atoms with Gasteiger partial charge >= 0.3 is 0 Å². The SMILES string of the molecule is CC1NC(=O)C(C2CC2)N(CC2CC2)C1=O. The lowest BCUT2D eigenvalue weighted by Gasteiger charge is -2.38. The molecule has 4 nitrogen and oxygen atoms in total. The molecule has 3 aliphatic rings. The van der Waals surface area contributed by atoms with Gasteiger partial charge in [0.25, 0.3) is 0 Å². The second kappa shape index (κ2) is 3.47. The summed E-state index contributed by atoms with van der Waals surface area (Å²) in [5.74, 6) is 1.26. The molecule has 88 valence electrons. The summed E-state index contributed by atoms with van der Waals surface area (Å²) in [5, 5.41) is 2.79. The first-order valence-corrected chi connectivity index (χ1v) is 6.27. The van der Waals surface area contributed by atoms with Crippen LogP contribution in [0.2, 0.25) is 0 Å². The van der Waals surface area contributed by atoms with E-state index >= 15 is 0 Å². The van der Waals surface area contributed by atoms with Crippen LogP contribution in [0.25, 0.3) is 0 Å². The van der Waals surface area contributed by atoms with Crippen LogP contribution in [-0.4, -0.2) is 35.3 Å². The third kappa shape index (κ3) is 1.70. The van der Waals surface area contributed by atoms with Gasteiger partial charge in [0.05, 0.1) is 0 Å². The quantitative estimate of drug-likeness (QED) is 0.757. The van der Waals surface area contributed by atoms with Crippen LogP contribution in [0, 0.1) is 11.8 Å². The second-order valence-electron chi connectivity index (χ2n) is 5.45. The Kier molecular flexibility index (Phi) is 2.19. The summed E-state index contributed by atoms with van der Waals surface area (Å²) in [4.78, 5) is 25.9. The lowest BCUT2D eigenvalue weighted by molar-refractivity contribution is -0.150. The molecule has 2 saturated carbocycles. The maximum absolute atomic E-state index is 12.1. The predicted octanol–water partition coefficient (Wildman–Crippen LogP) is 0.522. The predicted molar refractivity (Wildman–Crippen MR) is 58.6 cm³/mol. The summed E-state index contributed by atoms with van der Waals surface area (Å²) >= 11 is 0. The molecular formula is C12H18N2O2. The number of nitrogens with one attached hydrogen (secondary N) is 1. The van der Waals surface area contributed by atoms with Crippen molar-refractivity contribution < 1.29 is 9.59 Å². The molecule has 0 aromatic carbocycles. The zero-order chi connectivity index (χ0) is 11.3. The fourth-order valence-electron chi connectivity index (χ4n) is 2.55. The van der Waals surface area contributed by atoms with Crippen LogP contribution >= 0.6 is 0 Å². The third-order valence-corrected chi connectivity index (χ3v) is 3.84. The molecule has 0 radical (unpaired) electrons. The fourth-order valence-corrected chi connectivity index (χ4v) is 2.55. The summed E-state index contributed by atoms with van der Waals surface area (Å²) in [6.45, 7) is 2.58. The second-order valence-corrected chi connectivity index (χ2v) is 5.45.